The predicted molar refractivity (Wildman–Crippen MR) is 65.5 cm³/mol. The highest BCUT2D eigenvalue weighted by Gasteiger charge is 2.52. The number of hydrogen-bond donors (Lipinski definition) is 0. The van der Waals surface area contributed by atoms with E-state index in [0.717, 1.165) is 16.0 Å². The summed E-state index contributed by atoms with van der Waals surface area (Å²) in [6, 6.07) is 1.17. The topological polar surface area (TPSA) is 55.2 Å². The second-order valence-electron chi connectivity index (χ2n) is 4.78. The van der Waals surface area contributed by atoms with Crippen molar-refractivity contribution < 1.29 is 17.2 Å². The number of piperidine rings is 1. The van der Waals surface area contributed by atoms with Crippen LogP contribution in [-0.2, 0) is 16.9 Å². The number of sulfone groups is 1. The molecule has 1 saturated heterocycles. The average Bonchev–Trinajstić information content (AvgIpc) is 2.70. The summed E-state index contributed by atoms with van der Waals surface area (Å²) in [5.74, 6) is 0. The van der Waals surface area contributed by atoms with E-state index >= 15 is 0 Å². The second-order valence-corrected chi connectivity index (χ2v) is 6.70. The lowest BCUT2D eigenvalue weighted by Crippen LogP contribution is -2.50. The molecule has 0 unspecified atom stereocenters. The van der Waals surface area contributed by atoms with Crippen molar-refractivity contribution in [1.82, 2.24) is 14.7 Å². The fourth-order valence-electron chi connectivity index (χ4n) is 2.29. The van der Waals surface area contributed by atoms with Crippen molar-refractivity contribution in [2.75, 3.05) is 13.1 Å². The van der Waals surface area contributed by atoms with Crippen LogP contribution in [0.4, 0.5) is 8.78 Å². The minimum atomic E-state index is -4.75. The third-order valence-electron chi connectivity index (χ3n) is 3.28. The minimum Gasteiger partial charge on any atom is -0.257 e. The largest absolute Gasteiger partial charge is 0.412 e. The van der Waals surface area contributed by atoms with Gasteiger partial charge < -0.3 is 0 Å². The highest BCUT2D eigenvalue weighted by molar-refractivity contribution is 7.92. The molecule has 19 heavy (non-hydrogen) atoms. The maximum Gasteiger partial charge on any atom is 0.412 e. The molecule has 0 radical (unpaired) electrons. The lowest BCUT2D eigenvalue weighted by molar-refractivity contribution is -0.0799. The van der Waals surface area contributed by atoms with Crippen molar-refractivity contribution in [1.29, 1.82) is 0 Å². The monoisotopic (exact) mass is 293 g/mol. The standard InChI is InChI=1S/C11H17F2N3O2S/c1-9-8-10(15(2)14-9)19(17,18)11(12,13)16-6-4-3-5-7-16/h8H,3-7H2,1-2H3. The van der Waals surface area contributed by atoms with Gasteiger partial charge in [0.1, 0.15) is 0 Å². The molecule has 0 bridgehead atoms. The van der Waals surface area contributed by atoms with Crippen LogP contribution >= 0.6 is 0 Å². The van der Waals surface area contributed by atoms with Gasteiger partial charge in [0.25, 0.3) is 9.84 Å². The van der Waals surface area contributed by atoms with Crippen LogP contribution in [0.3, 0.4) is 0 Å². The summed E-state index contributed by atoms with van der Waals surface area (Å²) in [7, 11) is -3.40. The molecule has 0 N–H and O–H groups in total. The molecule has 0 saturated carbocycles. The first-order valence-electron chi connectivity index (χ1n) is 6.15. The van der Waals surface area contributed by atoms with Crippen molar-refractivity contribution in [2.24, 2.45) is 7.05 Å². The highest BCUT2D eigenvalue weighted by atomic mass is 32.2. The van der Waals surface area contributed by atoms with Crippen molar-refractivity contribution in [3.63, 3.8) is 0 Å². The van der Waals surface area contributed by atoms with Gasteiger partial charge in [0.2, 0.25) is 0 Å². The molecule has 1 aromatic rings. The van der Waals surface area contributed by atoms with Crippen LogP contribution < -0.4 is 0 Å². The Morgan fingerprint density at radius 2 is 1.84 bits per heavy atom. The van der Waals surface area contributed by atoms with E-state index in [9.17, 15) is 17.2 Å². The number of likely N-dealkylation sites (tertiary alicyclic amines) is 1. The van der Waals surface area contributed by atoms with Gasteiger partial charge in [0, 0.05) is 20.1 Å². The quantitative estimate of drug-likeness (QED) is 0.793. The first-order valence-corrected chi connectivity index (χ1v) is 7.63. The Labute approximate surface area is 111 Å². The van der Waals surface area contributed by atoms with Crippen molar-refractivity contribution in [2.45, 2.75) is 36.6 Å². The summed E-state index contributed by atoms with van der Waals surface area (Å²) in [6.07, 6.45) is 2.04. The summed E-state index contributed by atoms with van der Waals surface area (Å²) in [4.78, 5) is 0.744. The van der Waals surface area contributed by atoms with Crippen LogP contribution in [0.25, 0.3) is 0 Å². The Bertz CT molecular complexity index is 562. The Balaban J connectivity index is 2.40. The first kappa shape index (κ1) is 14.4. The van der Waals surface area contributed by atoms with E-state index in [4.69, 9.17) is 0 Å². The van der Waals surface area contributed by atoms with E-state index < -0.39 is 20.2 Å². The van der Waals surface area contributed by atoms with Gasteiger partial charge in [-0.1, -0.05) is 6.42 Å². The number of halogens is 2. The molecule has 2 heterocycles. The van der Waals surface area contributed by atoms with Gasteiger partial charge >= 0.3 is 5.38 Å². The molecular weight excluding hydrogens is 276 g/mol. The van der Waals surface area contributed by atoms with Crippen LogP contribution in [0.15, 0.2) is 11.1 Å². The second kappa shape index (κ2) is 4.82. The van der Waals surface area contributed by atoms with E-state index in [1.165, 1.54) is 13.1 Å². The molecule has 1 aromatic heterocycles. The van der Waals surface area contributed by atoms with Crippen LogP contribution in [0.1, 0.15) is 25.0 Å². The van der Waals surface area contributed by atoms with Gasteiger partial charge in [-0.05, 0) is 25.8 Å². The first-order chi connectivity index (χ1) is 8.76. The Hall–Kier alpha value is -1.02. The fraction of sp³-hybridized carbons (Fsp3) is 0.727. The summed E-state index contributed by atoms with van der Waals surface area (Å²) < 4.78 is 53.8. The van der Waals surface area contributed by atoms with Gasteiger partial charge in [-0.25, -0.2) is 13.3 Å². The minimum absolute atomic E-state index is 0.100. The van der Waals surface area contributed by atoms with Gasteiger partial charge in [-0.3, -0.25) is 4.68 Å². The van der Waals surface area contributed by atoms with Crippen LogP contribution in [0.5, 0.6) is 0 Å². The molecule has 2 rings (SSSR count). The fourth-order valence-corrected chi connectivity index (χ4v) is 3.78. The molecule has 0 aliphatic carbocycles. The number of aromatic nitrogens is 2. The van der Waals surface area contributed by atoms with Gasteiger partial charge in [-0.15, -0.1) is 0 Å². The van der Waals surface area contributed by atoms with Gasteiger partial charge in [0.15, 0.2) is 5.03 Å². The summed E-state index contributed by atoms with van der Waals surface area (Å²) in [5.41, 5.74) is 0.399. The highest BCUT2D eigenvalue weighted by Crippen LogP contribution is 2.34. The number of hydrogen-bond acceptors (Lipinski definition) is 4. The smallest absolute Gasteiger partial charge is 0.257 e. The SMILES string of the molecule is Cc1cc(S(=O)(=O)C(F)(F)N2CCCCC2)n(C)n1. The molecule has 1 fully saturated rings. The van der Waals surface area contributed by atoms with E-state index in [1.54, 1.807) is 6.92 Å². The van der Waals surface area contributed by atoms with E-state index in [1.807, 2.05) is 0 Å². The molecule has 8 heteroatoms. The third kappa shape index (κ3) is 2.38. The van der Waals surface area contributed by atoms with Crippen molar-refractivity contribution >= 4 is 9.84 Å². The third-order valence-corrected chi connectivity index (χ3v) is 5.12. The molecule has 1 aliphatic rings. The van der Waals surface area contributed by atoms with Crippen LogP contribution in [0, 0.1) is 6.92 Å². The molecular formula is C11H17F2N3O2S. The Kier molecular flexibility index (Phi) is 3.65. The molecule has 108 valence electrons. The molecule has 0 aromatic carbocycles. The Morgan fingerprint density at radius 1 is 1.26 bits per heavy atom. The van der Waals surface area contributed by atoms with Crippen LogP contribution in [0.2, 0.25) is 0 Å². The molecule has 0 amide bonds. The van der Waals surface area contributed by atoms with Gasteiger partial charge in [-0.2, -0.15) is 13.9 Å². The zero-order chi connectivity index (χ0) is 14.3. The zero-order valence-corrected chi connectivity index (χ0v) is 11.8. The maximum atomic E-state index is 14.3. The zero-order valence-electron chi connectivity index (χ0n) is 10.9. The van der Waals surface area contributed by atoms with E-state index in [0.29, 0.717) is 18.5 Å². The number of alkyl halides is 2. The Morgan fingerprint density at radius 3 is 2.32 bits per heavy atom. The van der Waals surface area contributed by atoms with E-state index in [2.05, 4.69) is 5.10 Å². The molecule has 0 atom stereocenters. The van der Waals surface area contributed by atoms with Crippen molar-refractivity contribution in [3.05, 3.63) is 11.8 Å². The van der Waals surface area contributed by atoms with Crippen LogP contribution in [-0.4, -0.2) is 41.6 Å². The van der Waals surface area contributed by atoms with E-state index in [-0.39, 0.29) is 13.1 Å². The average molecular weight is 293 g/mol. The number of nitrogens with zero attached hydrogens (tertiary/aromatic N) is 3. The molecule has 0 spiro atoms. The number of aryl methyl sites for hydroxylation is 2. The summed E-state index contributed by atoms with van der Waals surface area (Å²) in [6.45, 7) is 1.77. The normalized spacial score (nSPS) is 18.7. The lowest BCUT2D eigenvalue weighted by atomic mass is 10.1. The molecule has 5 nitrogen and oxygen atoms in total. The van der Waals surface area contributed by atoms with Gasteiger partial charge in [0.05, 0.1) is 5.69 Å². The number of rotatable bonds is 3. The molecule has 1 aliphatic heterocycles. The predicted octanol–water partition coefficient (Wildman–Crippen LogP) is 1.54. The van der Waals surface area contributed by atoms with Crippen molar-refractivity contribution in [3.8, 4) is 0 Å². The lowest BCUT2D eigenvalue weighted by Gasteiger charge is -2.32. The summed E-state index contributed by atoms with van der Waals surface area (Å²) in [5, 5.41) is -0.504. The summed E-state index contributed by atoms with van der Waals surface area (Å²) >= 11 is 0. The maximum absolute atomic E-state index is 14.3.